The van der Waals surface area contributed by atoms with Gasteiger partial charge in [0.1, 0.15) is 5.15 Å². The average molecular weight is 289 g/mol. The van der Waals surface area contributed by atoms with E-state index in [1.165, 1.54) is 12.3 Å². The highest BCUT2D eigenvalue weighted by Gasteiger charge is 2.31. The molecule has 0 radical (unpaired) electrons. The molecule has 1 amide bonds. The minimum Gasteiger partial charge on any atom is -0.388 e. The SMILES string of the molecule is O=C(NCC1(O)CCCC1)c1cc(Cl)ncc1Cl. The zero-order chi connectivity index (χ0) is 13.2. The van der Waals surface area contributed by atoms with Crippen molar-refractivity contribution in [1.29, 1.82) is 0 Å². The Balaban J connectivity index is 2.01. The molecule has 0 aromatic carbocycles. The van der Waals surface area contributed by atoms with Gasteiger partial charge in [-0.25, -0.2) is 4.98 Å². The number of nitrogens with zero attached hydrogens (tertiary/aromatic N) is 1. The molecule has 98 valence electrons. The van der Waals surface area contributed by atoms with Gasteiger partial charge in [0.25, 0.3) is 5.91 Å². The molecule has 1 fully saturated rings. The molecule has 0 spiro atoms. The van der Waals surface area contributed by atoms with Crippen LogP contribution in [0.4, 0.5) is 0 Å². The number of aromatic nitrogens is 1. The Bertz CT molecular complexity index is 459. The zero-order valence-electron chi connectivity index (χ0n) is 9.75. The number of aliphatic hydroxyl groups is 1. The highest BCUT2D eigenvalue weighted by Crippen LogP contribution is 2.28. The van der Waals surface area contributed by atoms with E-state index in [4.69, 9.17) is 23.2 Å². The molecule has 6 heteroatoms. The molecule has 2 N–H and O–H groups in total. The molecule has 0 unspecified atom stereocenters. The topological polar surface area (TPSA) is 62.2 Å². The summed E-state index contributed by atoms with van der Waals surface area (Å²) in [5.41, 5.74) is -0.503. The van der Waals surface area contributed by atoms with Crippen molar-refractivity contribution in [3.05, 3.63) is 28.0 Å². The Morgan fingerprint density at radius 3 is 2.78 bits per heavy atom. The van der Waals surface area contributed by atoms with Crippen LogP contribution in [0.5, 0.6) is 0 Å². The van der Waals surface area contributed by atoms with Crippen LogP contribution in [-0.4, -0.2) is 28.1 Å². The molecule has 1 heterocycles. The van der Waals surface area contributed by atoms with Crippen LogP contribution in [0.2, 0.25) is 10.2 Å². The Hall–Kier alpha value is -0.840. The largest absolute Gasteiger partial charge is 0.388 e. The minimum absolute atomic E-state index is 0.212. The monoisotopic (exact) mass is 288 g/mol. The van der Waals surface area contributed by atoms with E-state index in [2.05, 4.69) is 10.3 Å². The van der Waals surface area contributed by atoms with E-state index < -0.39 is 5.60 Å². The van der Waals surface area contributed by atoms with Crippen LogP contribution < -0.4 is 5.32 Å². The highest BCUT2D eigenvalue weighted by molar-refractivity contribution is 6.35. The third kappa shape index (κ3) is 3.13. The van der Waals surface area contributed by atoms with E-state index in [0.717, 1.165) is 25.7 Å². The lowest BCUT2D eigenvalue weighted by atomic mass is 10.0. The number of amides is 1. The van der Waals surface area contributed by atoms with Gasteiger partial charge < -0.3 is 10.4 Å². The zero-order valence-corrected chi connectivity index (χ0v) is 11.3. The molecular weight excluding hydrogens is 275 g/mol. The Morgan fingerprint density at radius 1 is 1.44 bits per heavy atom. The van der Waals surface area contributed by atoms with Gasteiger partial charge >= 0.3 is 0 Å². The molecule has 1 saturated carbocycles. The van der Waals surface area contributed by atoms with Crippen molar-refractivity contribution in [3.8, 4) is 0 Å². The van der Waals surface area contributed by atoms with Gasteiger partial charge in [-0.3, -0.25) is 4.79 Å². The molecule has 1 aliphatic rings. The average Bonchev–Trinajstić information content (AvgIpc) is 2.77. The number of halogens is 2. The second-order valence-corrected chi connectivity index (χ2v) is 5.40. The maximum atomic E-state index is 11.9. The summed E-state index contributed by atoms with van der Waals surface area (Å²) in [7, 11) is 0. The van der Waals surface area contributed by atoms with Crippen LogP contribution in [0, 0.1) is 0 Å². The highest BCUT2D eigenvalue weighted by atomic mass is 35.5. The number of carbonyl (C=O) groups excluding carboxylic acids is 1. The van der Waals surface area contributed by atoms with E-state index in [0.29, 0.717) is 0 Å². The van der Waals surface area contributed by atoms with E-state index in [1.54, 1.807) is 0 Å². The van der Waals surface area contributed by atoms with E-state index in [1.807, 2.05) is 0 Å². The lowest BCUT2D eigenvalue weighted by Gasteiger charge is -2.22. The number of hydrogen-bond acceptors (Lipinski definition) is 3. The Labute approximate surface area is 115 Å². The Morgan fingerprint density at radius 2 is 2.11 bits per heavy atom. The normalized spacial score (nSPS) is 17.7. The molecule has 0 aliphatic heterocycles. The standard InChI is InChI=1S/C12H14Cl2N2O2/c13-9-6-15-10(14)5-8(9)11(17)16-7-12(18)3-1-2-4-12/h5-6,18H,1-4,7H2,(H,16,17). The molecule has 0 bridgehead atoms. The maximum absolute atomic E-state index is 11.9. The first-order valence-corrected chi connectivity index (χ1v) is 6.57. The van der Waals surface area contributed by atoms with Crippen LogP contribution in [0.1, 0.15) is 36.0 Å². The second kappa shape index (κ2) is 5.43. The van der Waals surface area contributed by atoms with Gasteiger partial charge in [0.05, 0.1) is 16.2 Å². The van der Waals surface area contributed by atoms with Crippen molar-refractivity contribution in [1.82, 2.24) is 10.3 Å². The van der Waals surface area contributed by atoms with Crippen molar-refractivity contribution in [3.63, 3.8) is 0 Å². The van der Waals surface area contributed by atoms with Gasteiger partial charge in [-0.15, -0.1) is 0 Å². The molecule has 0 saturated heterocycles. The van der Waals surface area contributed by atoms with Crippen LogP contribution in [0.3, 0.4) is 0 Å². The van der Waals surface area contributed by atoms with Gasteiger partial charge in [-0.1, -0.05) is 36.0 Å². The summed E-state index contributed by atoms with van der Waals surface area (Å²) < 4.78 is 0. The van der Waals surface area contributed by atoms with Crippen LogP contribution in [0.25, 0.3) is 0 Å². The van der Waals surface area contributed by atoms with Gasteiger partial charge in [-0.05, 0) is 18.9 Å². The van der Waals surface area contributed by atoms with Crippen molar-refractivity contribution in [2.75, 3.05) is 6.54 Å². The summed E-state index contributed by atoms with van der Waals surface area (Å²) in [6.07, 6.45) is 4.77. The van der Waals surface area contributed by atoms with Gasteiger partial charge in [0.15, 0.2) is 0 Å². The quantitative estimate of drug-likeness (QED) is 0.840. The van der Waals surface area contributed by atoms with Crippen molar-refractivity contribution in [2.24, 2.45) is 0 Å². The van der Waals surface area contributed by atoms with E-state index >= 15 is 0 Å². The minimum atomic E-state index is -0.779. The predicted molar refractivity (Wildman–Crippen MR) is 70.0 cm³/mol. The maximum Gasteiger partial charge on any atom is 0.253 e. The van der Waals surface area contributed by atoms with Gasteiger partial charge in [-0.2, -0.15) is 0 Å². The smallest absolute Gasteiger partial charge is 0.253 e. The molecular formula is C12H14Cl2N2O2. The van der Waals surface area contributed by atoms with E-state index in [9.17, 15) is 9.90 Å². The van der Waals surface area contributed by atoms with Crippen molar-refractivity contribution in [2.45, 2.75) is 31.3 Å². The van der Waals surface area contributed by atoms with Crippen molar-refractivity contribution >= 4 is 29.1 Å². The summed E-state index contributed by atoms with van der Waals surface area (Å²) in [5, 5.41) is 13.3. The van der Waals surface area contributed by atoms with E-state index in [-0.39, 0.29) is 28.2 Å². The second-order valence-electron chi connectivity index (χ2n) is 4.60. The molecule has 2 rings (SSSR count). The first kappa shape index (κ1) is 13.6. The summed E-state index contributed by atoms with van der Waals surface area (Å²) in [6, 6.07) is 1.41. The first-order valence-electron chi connectivity index (χ1n) is 5.82. The summed E-state index contributed by atoms with van der Waals surface area (Å²) in [6.45, 7) is 0.238. The first-order chi connectivity index (χ1) is 8.50. The molecule has 1 aromatic heterocycles. The molecule has 0 atom stereocenters. The van der Waals surface area contributed by atoms with Crippen LogP contribution in [0.15, 0.2) is 12.3 Å². The fourth-order valence-electron chi connectivity index (χ4n) is 2.14. The fraction of sp³-hybridized carbons (Fsp3) is 0.500. The fourth-order valence-corrected chi connectivity index (χ4v) is 2.48. The molecule has 4 nitrogen and oxygen atoms in total. The predicted octanol–water partition coefficient (Wildman–Crippen LogP) is 2.42. The lowest BCUT2D eigenvalue weighted by molar-refractivity contribution is 0.0449. The van der Waals surface area contributed by atoms with Crippen LogP contribution >= 0.6 is 23.2 Å². The summed E-state index contributed by atoms with van der Waals surface area (Å²) in [5.74, 6) is -0.343. The summed E-state index contributed by atoms with van der Waals surface area (Å²) in [4.78, 5) is 15.7. The molecule has 1 aliphatic carbocycles. The number of rotatable bonds is 3. The number of hydrogen-bond donors (Lipinski definition) is 2. The number of nitrogens with one attached hydrogen (secondary N) is 1. The lowest BCUT2D eigenvalue weighted by Crippen LogP contribution is -2.40. The molecule has 18 heavy (non-hydrogen) atoms. The third-order valence-corrected chi connectivity index (χ3v) is 3.69. The molecule has 1 aromatic rings. The van der Waals surface area contributed by atoms with Gasteiger partial charge in [0.2, 0.25) is 0 Å². The van der Waals surface area contributed by atoms with Crippen LogP contribution in [-0.2, 0) is 0 Å². The Kier molecular flexibility index (Phi) is 4.10. The van der Waals surface area contributed by atoms with Gasteiger partial charge in [0, 0.05) is 12.7 Å². The van der Waals surface area contributed by atoms with Crippen molar-refractivity contribution < 1.29 is 9.90 Å². The summed E-state index contributed by atoms with van der Waals surface area (Å²) >= 11 is 11.6. The number of pyridine rings is 1. The number of carbonyl (C=O) groups is 1. The third-order valence-electron chi connectivity index (χ3n) is 3.18.